The zero-order chi connectivity index (χ0) is 26.2. The number of nitrogens with zero attached hydrogens (tertiary/aromatic N) is 2. The number of benzene rings is 2. The van der Waals surface area contributed by atoms with E-state index in [1.54, 1.807) is 23.1 Å². The van der Waals surface area contributed by atoms with Crippen LogP contribution in [0.1, 0.15) is 56.8 Å². The van der Waals surface area contributed by atoms with Crippen molar-refractivity contribution >= 4 is 17.4 Å². The van der Waals surface area contributed by atoms with Gasteiger partial charge in [0, 0.05) is 12.1 Å². The molecule has 2 aromatic carbocycles. The molecule has 0 spiro atoms. The Balaban J connectivity index is 2.09. The third-order valence-corrected chi connectivity index (χ3v) is 6.52. The van der Waals surface area contributed by atoms with E-state index in [9.17, 15) is 14.7 Å². The molecule has 1 aliphatic rings. The molecular formula is C29H38N2O5. The summed E-state index contributed by atoms with van der Waals surface area (Å²) in [5.41, 5.74) is 2.33. The number of hydrogen-bond acceptors (Lipinski definition) is 6. The van der Waals surface area contributed by atoms with Crippen molar-refractivity contribution < 1.29 is 24.2 Å². The largest absolute Gasteiger partial charge is 0.507 e. The molecule has 1 unspecified atom stereocenters. The number of ketones is 1. The van der Waals surface area contributed by atoms with E-state index >= 15 is 0 Å². The van der Waals surface area contributed by atoms with Crippen LogP contribution in [0.15, 0.2) is 48.0 Å². The fourth-order valence-electron chi connectivity index (χ4n) is 4.57. The van der Waals surface area contributed by atoms with Gasteiger partial charge in [0.15, 0.2) is 11.5 Å². The molecule has 7 heteroatoms. The van der Waals surface area contributed by atoms with E-state index in [0.717, 1.165) is 25.2 Å². The molecule has 194 valence electrons. The number of hydrogen-bond donors (Lipinski definition) is 1. The van der Waals surface area contributed by atoms with Crippen molar-refractivity contribution in [2.45, 2.75) is 47.1 Å². The summed E-state index contributed by atoms with van der Waals surface area (Å²) in [6.45, 7) is 13.9. The first-order chi connectivity index (χ1) is 17.4. The minimum atomic E-state index is -0.724. The molecule has 1 fully saturated rings. The summed E-state index contributed by atoms with van der Waals surface area (Å²) < 4.78 is 11.5. The van der Waals surface area contributed by atoms with Crippen LogP contribution in [0.5, 0.6) is 11.5 Å². The molecule has 1 saturated heterocycles. The number of aliphatic hydroxyl groups excluding tert-OH is 1. The van der Waals surface area contributed by atoms with Crippen molar-refractivity contribution in [2.24, 2.45) is 0 Å². The summed E-state index contributed by atoms with van der Waals surface area (Å²) in [6.07, 6.45) is 0.713. The molecule has 0 bridgehead atoms. The van der Waals surface area contributed by atoms with Crippen molar-refractivity contribution in [1.29, 1.82) is 0 Å². The van der Waals surface area contributed by atoms with Crippen LogP contribution in [-0.4, -0.2) is 66.0 Å². The van der Waals surface area contributed by atoms with E-state index < -0.39 is 17.7 Å². The fraction of sp³-hybridized carbons (Fsp3) is 0.448. The van der Waals surface area contributed by atoms with Crippen LogP contribution in [0.3, 0.4) is 0 Å². The Labute approximate surface area is 214 Å². The molecule has 0 aliphatic carbocycles. The Morgan fingerprint density at radius 2 is 1.58 bits per heavy atom. The highest BCUT2D eigenvalue weighted by Crippen LogP contribution is 2.42. The highest BCUT2D eigenvalue weighted by atomic mass is 16.5. The van der Waals surface area contributed by atoms with Crippen LogP contribution < -0.4 is 9.47 Å². The van der Waals surface area contributed by atoms with E-state index in [1.165, 1.54) is 0 Å². The Bertz CT molecular complexity index is 1090. The molecule has 36 heavy (non-hydrogen) atoms. The zero-order valence-electron chi connectivity index (χ0n) is 22.0. The first-order valence-corrected chi connectivity index (χ1v) is 12.8. The summed E-state index contributed by atoms with van der Waals surface area (Å²) in [5.74, 6) is -0.301. The number of carbonyl (C=O) groups excluding carboxylic acids is 2. The quantitative estimate of drug-likeness (QED) is 0.256. The number of aryl methyl sites for hydroxylation is 1. The summed E-state index contributed by atoms with van der Waals surface area (Å²) in [6, 6.07) is 12.0. The molecule has 1 amide bonds. The van der Waals surface area contributed by atoms with Gasteiger partial charge in [0.2, 0.25) is 0 Å². The lowest BCUT2D eigenvalue weighted by molar-refractivity contribution is -0.140. The van der Waals surface area contributed by atoms with Crippen molar-refractivity contribution in [2.75, 3.05) is 39.4 Å². The number of aliphatic hydroxyl groups is 1. The summed E-state index contributed by atoms with van der Waals surface area (Å²) in [4.78, 5) is 30.4. The van der Waals surface area contributed by atoms with Crippen molar-refractivity contribution in [1.82, 2.24) is 9.80 Å². The van der Waals surface area contributed by atoms with E-state index in [1.807, 2.05) is 45.0 Å². The fourth-order valence-corrected chi connectivity index (χ4v) is 4.57. The molecule has 2 aromatic rings. The standard InChI is InChI=1S/C29H38N2O5/c1-6-30(7-2)17-10-18-31-26(22-15-16-23(35-8-3)24(19-22)36-9-4)25(28(33)29(31)34)27(32)21-13-11-20(5)12-14-21/h11-16,19,26,32H,6-10,17-18H2,1-5H3/b27-25-. The van der Waals surface area contributed by atoms with E-state index in [0.29, 0.717) is 48.8 Å². The molecule has 3 rings (SSSR count). The van der Waals surface area contributed by atoms with Crippen LogP contribution in [0.2, 0.25) is 0 Å². The topological polar surface area (TPSA) is 79.3 Å². The maximum atomic E-state index is 13.3. The van der Waals surface area contributed by atoms with Gasteiger partial charge >= 0.3 is 0 Å². The van der Waals surface area contributed by atoms with Crippen molar-refractivity contribution in [3.8, 4) is 11.5 Å². The number of carbonyl (C=O) groups is 2. The third-order valence-electron chi connectivity index (χ3n) is 6.52. The minimum absolute atomic E-state index is 0.0956. The maximum Gasteiger partial charge on any atom is 0.295 e. The van der Waals surface area contributed by atoms with Gasteiger partial charge in [-0.25, -0.2) is 0 Å². The van der Waals surface area contributed by atoms with Gasteiger partial charge in [-0.2, -0.15) is 0 Å². The van der Waals surface area contributed by atoms with Crippen LogP contribution >= 0.6 is 0 Å². The van der Waals surface area contributed by atoms with Gasteiger partial charge in [-0.3, -0.25) is 9.59 Å². The predicted molar refractivity (Wildman–Crippen MR) is 141 cm³/mol. The van der Waals surface area contributed by atoms with E-state index in [4.69, 9.17) is 9.47 Å². The summed E-state index contributed by atoms with van der Waals surface area (Å²) in [7, 11) is 0. The molecule has 0 aromatic heterocycles. The van der Waals surface area contributed by atoms with Gasteiger partial charge in [-0.15, -0.1) is 0 Å². The molecule has 1 aliphatic heterocycles. The SMILES string of the molecule is CCOc1ccc(C2/C(=C(/O)c3ccc(C)cc3)C(=O)C(=O)N2CCCN(CC)CC)cc1OCC. The zero-order valence-corrected chi connectivity index (χ0v) is 22.0. The van der Waals surface area contributed by atoms with Crippen LogP contribution in [0, 0.1) is 6.92 Å². The molecule has 7 nitrogen and oxygen atoms in total. The second kappa shape index (κ2) is 12.6. The van der Waals surface area contributed by atoms with E-state index in [-0.39, 0.29) is 11.3 Å². The van der Waals surface area contributed by atoms with Gasteiger partial charge in [-0.05, 0) is 64.5 Å². The van der Waals surface area contributed by atoms with Crippen molar-refractivity contribution in [3.63, 3.8) is 0 Å². The van der Waals surface area contributed by atoms with Crippen LogP contribution in [0.25, 0.3) is 5.76 Å². The van der Waals surface area contributed by atoms with Gasteiger partial charge in [0.05, 0.1) is 24.8 Å². The average molecular weight is 495 g/mol. The Morgan fingerprint density at radius 3 is 2.19 bits per heavy atom. The second-order valence-electron chi connectivity index (χ2n) is 8.81. The number of ether oxygens (including phenoxy) is 2. The lowest BCUT2D eigenvalue weighted by Crippen LogP contribution is -2.33. The summed E-state index contributed by atoms with van der Waals surface area (Å²) in [5, 5.41) is 11.3. The highest BCUT2D eigenvalue weighted by Gasteiger charge is 2.46. The Kier molecular flexibility index (Phi) is 9.53. The predicted octanol–water partition coefficient (Wildman–Crippen LogP) is 4.95. The lowest BCUT2D eigenvalue weighted by Gasteiger charge is -2.27. The number of rotatable bonds is 12. The number of Topliss-reactive ketones (excluding diaryl/α,β-unsaturated/α-hetero) is 1. The molecule has 1 heterocycles. The first-order valence-electron chi connectivity index (χ1n) is 12.8. The lowest BCUT2D eigenvalue weighted by atomic mass is 9.94. The second-order valence-corrected chi connectivity index (χ2v) is 8.81. The van der Waals surface area contributed by atoms with E-state index in [2.05, 4.69) is 18.7 Å². The summed E-state index contributed by atoms with van der Waals surface area (Å²) >= 11 is 0. The average Bonchev–Trinajstić information content (AvgIpc) is 3.13. The Morgan fingerprint density at radius 1 is 0.944 bits per heavy atom. The Hall–Kier alpha value is -3.32. The van der Waals surface area contributed by atoms with Crippen LogP contribution in [0.4, 0.5) is 0 Å². The highest BCUT2D eigenvalue weighted by molar-refractivity contribution is 6.46. The van der Waals surface area contributed by atoms with Gasteiger partial charge in [-0.1, -0.05) is 49.7 Å². The molecule has 1 N–H and O–H groups in total. The van der Waals surface area contributed by atoms with Gasteiger partial charge < -0.3 is 24.4 Å². The minimum Gasteiger partial charge on any atom is -0.507 e. The van der Waals surface area contributed by atoms with Gasteiger partial charge in [0.1, 0.15) is 5.76 Å². The van der Waals surface area contributed by atoms with Gasteiger partial charge in [0.25, 0.3) is 11.7 Å². The molecule has 0 radical (unpaired) electrons. The molecular weight excluding hydrogens is 456 g/mol. The molecule has 0 saturated carbocycles. The third kappa shape index (κ3) is 5.90. The normalized spacial score (nSPS) is 17.2. The monoisotopic (exact) mass is 494 g/mol. The van der Waals surface area contributed by atoms with Crippen molar-refractivity contribution in [3.05, 3.63) is 64.7 Å². The number of likely N-dealkylation sites (tertiary alicyclic amines) is 1. The van der Waals surface area contributed by atoms with Crippen LogP contribution in [-0.2, 0) is 9.59 Å². The molecule has 1 atom stereocenters. The maximum absolute atomic E-state index is 13.3. The number of amides is 1. The first kappa shape index (κ1) is 27.3. The smallest absolute Gasteiger partial charge is 0.295 e.